The summed E-state index contributed by atoms with van der Waals surface area (Å²) in [5, 5.41) is 11.0. The van der Waals surface area contributed by atoms with Crippen LogP contribution in [0.2, 0.25) is 0 Å². The Bertz CT molecular complexity index is 408. The topological polar surface area (TPSA) is 62.2 Å². The normalized spacial score (nSPS) is 11.3. The largest absolute Gasteiger partial charge is 0.481 e. The molecule has 0 fully saturated rings. The molecule has 4 nitrogen and oxygen atoms in total. The first-order valence-electron chi connectivity index (χ1n) is 5.39. The number of aromatic nitrogens is 1. The summed E-state index contributed by atoms with van der Waals surface area (Å²) >= 11 is 0. The van der Waals surface area contributed by atoms with Gasteiger partial charge in [0.05, 0.1) is 5.56 Å². The molecule has 0 aromatic carbocycles. The minimum atomic E-state index is -4.45. The van der Waals surface area contributed by atoms with Crippen molar-refractivity contribution in [1.29, 1.82) is 0 Å². The van der Waals surface area contributed by atoms with Crippen LogP contribution in [0.1, 0.15) is 24.8 Å². The second-order valence-electron chi connectivity index (χ2n) is 3.67. The van der Waals surface area contributed by atoms with E-state index in [9.17, 15) is 18.0 Å². The summed E-state index contributed by atoms with van der Waals surface area (Å²) in [6.07, 6.45) is -2.28. The molecule has 7 heteroatoms. The smallest absolute Gasteiger partial charge is 0.419 e. The molecular formula is C11H13F3N2O2. The van der Waals surface area contributed by atoms with Gasteiger partial charge in [0, 0.05) is 19.2 Å². The average molecular weight is 262 g/mol. The average Bonchev–Trinajstić information content (AvgIpc) is 2.27. The number of nitrogens with one attached hydrogen (secondary N) is 1. The van der Waals surface area contributed by atoms with Gasteiger partial charge in [-0.3, -0.25) is 4.79 Å². The highest BCUT2D eigenvalue weighted by atomic mass is 19.4. The second kappa shape index (κ2) is 6.23. The van der Waals surface area contributed by atoms with Crippen LogP contribution in [-0.4, -0.2) is 22.6 Å². The lowest BCUT2D eigenvalue weighted by Crippen LogP contribution is -2.13. The zero-order chi connectivity index (χ0) is 13.6. The van der Waals surface area contributed by atoms with Gasteiger partial charge in [-0.25, -0.2) is 4.98 Å². The molecule has 1 aromatic rings. The minimum absolute atomic E-state index is 0.00995. The van der Waals surface area contributed by atoms with Gasteiger partial charge in [0.2, 0.25) is 0 Å². The molecule has 0 aliphatic heterocycles. The predicted octanol–water partition coefficient (Wildman–Crippen LogP) is 2.77. The van der Waals surface area contributed by atoms with Crippen molar-refractivity contribution in [1.82, 2.24) is 4.98 Å². The molecule has 0 aliphatic carbocycles. The van der Waals surface area contributed by atoms with E-state index >= 15 is 0 Å². The number of carbonyl (C=O) groups is 1. The molecule has 0 saturated heterocycles. The highest BCUT2D eigenvalue weighted by Crippen LogP contribution is 2.33. The van der Waals surface area contributed by atoms with E-state index < -0.39 is 17.7 Å². The van der Waals surface area contributed by atoms with Gasteiger partial charge in [-0.15, -0.1) is 0 Å². The Morgan fingerprint density at radius 3 is 2.72 bits per heavy atom. The zero-order valence-electron chi connectivity index (χ0n) is 9.50. The van der Waals surface area contributed by atoms with Gasteiger partial charge in [-0.2, -0.15) is 13.2 Å². The molecule has 0 bridgehead atoms. The number of anilines is 1. The van der Waals surface area contributed by atoms with E-state index in [0.717, 1.165) is 6.07 Å². The second-order valence-corrected chi connectivity index (χ2v) is 3.67. The highest BCUT2D eigenvalue weighted by molar-refractivity contribution is 5.66. The highest BCUT2D eigenvalue weighted by Gasteiger charge is 2.33. The molecule has 18 heavy (non-hydrogen) atoms. The van der Waals surface area contributed by atoms with Crippen molar-refractivity contribution in [2.24, 2.45) is 0 Å². The van der Waals surface area contributed by atoms with Gasteiger partial charge in [0.15, 0.2) is 0 Å². The van der Waals surface area contributed by atoms with Crippen LogP contribution < -0.4 is 5.32 Å². The van der Waals surface area contributed by atoms with Crippen molar-refractivity contribution in [2.45, 2.75) is 25.4 Å². The van der Waals surface area contributed by atoms with Crippen LogP contribution in [0.4, 0.5) is 19.0 Å². The number of aliphatic carboxylic acids is 1. The molecule has 0 amide bonds. The molecule has 0 saturated carbocycles. The number of hydrogen-bond donors (Lipinski definition) is 2. The van der Waals surface area contributed by atoms with Crippen molar-refractivity contribution in [3.05, 3.63) is 23.9 Å². The monoisotopic (exact) mass is 262 g/mol. The Balaban J connectivity index is 2.50. The van der Waals surface area contributed by atoms with Crippen LogP contribution >= 0.6 is 0 Å². The minimum Gasteiger partial charge on any atom is -0.481 e. The molecule has 0 unspecified atom stereocenters. The number of pyridine rings is 1. The van der Waals surface area contributed by atoms with Crippen LogP contribution in [0.3, 0.4) is 0 Å². The number of nitrogens with zero attached hydrogens (tertiary/aromatic N) is 1. The third kappa shape index (κ3) is 4.60. The summed E-state index contributed by atoms with van der Waals surface area (Å²) in [6, 6.07) is 2.17. The maximum absolute atomic E-state index is 12.6. The lowest BCUT2D eigenvalue weighted by Gasteiger charge is -2.12. The van der Waals surface area contributed by atoms with Crippen molar-refractivity contribution >= 4 is 11.8 Å². The van der Waals surface area contributed by atoms with E-state index in [1.165, 1.54) is 12.3 Å². The van der Waals surface area contributed by atoms with Crippen molar-refractivity contribution in [3.8, 4) is 0 Å². The van der Waals surface area contributed by atoms with Crippen LogP contribution in [0, 0.1) is 0 Å². The third-order valence-corrected chi connectivity index (χ3v) is 2.22. The predicted molar refractivity (Wildman–Crippen MR) is 59.2 cm³/mol. The van der Waals surface area contributed by atoms with Crippen LogP contribution in [0.15, 0.2) is 18.3 Å². The lowest BCUT2D eigenvalue weighted by atomic mass is 10.2. The summed E-state index contributed by atoms with van der Waals surface area (Å²) in [4.78, 5) is 13.9. The first-order valence-corrected chi connectivity index (χ1v) is 5.39. The number of carboxylic acid groups (broad SMARTS) is 1. The SMILES string of the molecule is O=C(O)CCCCNc1ncccc1C(F)(F)F. The Hall–Kier alpha value is -1.79. The molecule has 0 radical (unpaired) electrons. The first-order chi connectivity index (χ1) is 8.41. The first kappa shape index (κ1) is 14.3. The fourth-order valence-electron chi connectivity index (χ4n) is 1.38. The van der Waals surface area contributed by atoms with E-state index in [0.29, 0.717) is 12.8 Å². The molecule has 0 atom stereocenters. The fourth-order valence-corrected chi connectivity index (χ4v) is 1.38. The Kier molecular flexibility index (Phi) is 4.94. The third-order valence-electron chi connectivity index (χ3n) is 2.22. The van der Waals surface area contributed by atoms with E-state index in [2.05, 4.69) is 10.3 Å². The van der Waals surface area contributed by atoms with Gasteiger partial charge < -0.3 is 10.4 Å². The Morgan fingerprint density at radius 2 is 2.11 bits per heavy atom. The Morgan fingerprint density at radius 1 is 1.39 bits per heavy atom. The molecule has 1 heterocycles. The number of hydrogen-bond acceptors (Lipinski definition) is 3. The molecule has 0 spiro atoms. The van der Waals surface area contributed by atoms with E-state index in [1.807, 2.05) is 0 Å². The van der Waals surface area contributed by atoms with E-state index in [1.54, 1.807) is 0 Å². The summed E-state index contributed by atoms with van der Waals surface area (Å²) in [7, 11) is 0. The van der Waals surface area contributed by atoms with Crippen LogP contribution in [0.25, 0.3) is 0 Å². The van der Waals surface area contributed by atoms with Crippen LogP contribution in [-0.2, 0) is 11.0 Å². The quantitative estimate of drug-likeness (QED) is 0.774. The maximum Gasteiger partial charge on any atom is 0.419 e. The lowest BCUT2D eigenvalue weighted by molar-refractivity contribution is -0.138. The van der Waals surface area contributed by atoms with Crippen LogP contribution in [0.5, 0.6) is 0 Å². The van der Waals surface area contributed by atoms with E-state index in [-0.39, 0.29) is 18.8 Å². The van der Waals surface area contributed by atoms with Gasteiger partial charge in [0.1, 0.15) is 5.82 Å². The van der Waals surface area contributed by atoms with Gasteiger partial charge in [-0.05, 0) is 25.0 Å². The fraction of sp³-hybridized carbons (Fsp3) is 0.455. The number of alkyl halides is 3. The van der Waals surface area contributed by atoms with Gasteiger partial charge >= 0.3 is 12.1 Å². The number of halogens is 3. The summed E-state index contributed by atoms with van der Waals surface area (Å²) in [5.41, 5.74) is -0.816. The number of carboxylic acids is 1. The van der Waals surface area contributed by atoms with Gasteiger partial charge in [-0.1, -0.05) is 0 Å². The van der Waals surface area contributed by atoms with Crippen molar-refractivity contribution in [3.63, 3.8) is 0 Å². The molecule has 100 valence electrons. The molecular weight excluding hydrogens is 249 g/mol. The molecule has 0 aliphatic rings. The standard InChI is InChI=1S/C11H13F3N2O2/c12-11(13,14)8-4-3-7-16-10(8)15-6-2-1-5-9(17)18/h3-4,7H,1-2,5-6H2,(H,15,16)(H,17,18). The summed E-state index contributed by atoms with van der Waals surface area (Å²) in [6.45, 7) is 0.257. The number of unbranched alkanes of at least 4 members (excludes halogenated alkanes) is 1. The Labute approximate surface area is 102 Å². The summed E-state index contributed by atoms with van der Waals surface area (Å²) in [5.74, 6) is -1.14. The van der Waals surface area contributed by atoms with Crippen molar-refractivity contribution in [2.75, 3.05) is 11.9 Å². The molecule has 1 aromatic heterocycles. The maximum atomic E-state index is 12.6. The molecule has 2 N–H and O–H groups in total. The summed E-state index contributed by atoms with van der Waals surface area (Å²) < 4.78 is 37.7. The molecule has 1 rings (SSSR count). The number of rotatable bonds is 6. The van der Waals surface area contributed by atoms with Crippen molar-refractivity contribution < 1.29 is 23.1 Å². The zero-order valence-corrected chi connectivity index (χ0v) is 9.50. The van der Waals surface area contributed by atoms with E-state index in [4.69, 9.17) is 5.11 Å². The van der Waals surface area contributed by atoms with Gasteiger partial charge in [0.25, 0.3) is 0 Å².